The molecule has 0 radical (unpaired) electrons. The predicted molar refractivity (Wildman–Crippen MR) is 56.8 cm³/mol. The van der Waals surface area contributed by atoms with Crippen molar-refractivity contribution in [3.05, 3.63) is 29.8 Å². The number of hydrogen-bond donors (Lipinski definition) is 1. The Hall–Kier alpha value is -1.84. The van der Waals surface area contributed by atoms with Crippen LogP contribution in [0.5, 0.6) is 0 Å². The number of anilines is 1. The van der Waals surface area contributed by atoms with Gasteiger partial charge in [0.1, 0.15) is 0 Å². The summed E-state index contributed by atoms with van der Waals surface area (Å²) in [5, 5.41) is 8.61. The van der Waals surface area contributed by atoms with Gasteiger partial charge in [-0.3, -0.25) is 4.79 Å². The predicted octanol–water partition coefficient (Wildman–Crippen LogP) is 1.43. The maximum Gasteiger partial charge on any atom is 0.394 e. The molecule has 1 aromatic carbocycles. The molecule has 0 aliphatic heterocycles. The van der Waals surface area contributed by atoms with E-state index in [1.54, 1.807) is 19.1 Å². The Balaban J connectivity index is 2.97. The summed E-state index contributed by atoms with van der Waals surface area (Å²) in [4.78, 5) is 23.1. The molecule has 0 fully saturated rings. The molecular formula is C11H13NO3. The molecular weight excluding hydrogens is 194 g/mol. The molecule has 1 aromatic rings. The van der Waals surface area contributed by atoms with E-state index in [9.17, 15) is 9.59 Å². The number of amides is 1. The molecule has 0 heterocycles. The molecule has 0 bridgehead atoms. The Bertz CT molecular complexity index is 370. The van der Waals surface area contributed by atoms with Gasteiger partial charge in [-0.25, -0.2) is 4.79 Å². The van der Waals surface area contributed by atoms with Gasteiger partial charge in [-0.1, -0.05) is 17.7 Å². The normalized spacial score (nSPS) is 9.73. The van der Waals surface area contributed by atoms with Gasteiger partial charge in [0, 0.05) is 12.2 Å². The Morgan fingerprint density at radius 3 is 2.20 bits per heavy atom. The lowest BCUT2D eigenvalue weighted by Crippen LogP contribution is -2.36. The fraction of sp³-hybridized carbons (Fsp3) is 0.273. The molecule has 1 N–H and O–H groups in total. The average molecular weight is 207 g/mol. The van der Waals surface area contributed by atoms with Crippen LogP contribution in [0.4, 0.5) is 5.69 Å². The van der Waals surface area contributed by atoms with E-state index in [0.29, 0.717) is 12.2 Å². The first-order chi connectivity index (χ1) is 7.06. The Morgan fingerprint density at radius 1 is 1.27 bits per heavy atom. The quantitative estimate of drug-likeness (QED) is 0.746. The number of carboxylic acid groups (broad SMARTS) is 1. The smallest absolute Gasteiger partial charge is 0.394 e. The molecule has 1 rings (SSSR count). The monoisotopic (exact) mass is 207 g/mol. The summed E-state index contributed by atoms with van der Waals surface area (Å²) >= 11 is 0. The van der Waals surface area contributed by atoms with Crippen LogP contribution in [-0.2, 0) is 9.59 Å². The third-order valence-electron chi connectivity index (χ3n) is 2.09. The highest BCUT2D eigenvalue weighted by atomic mass is 16.4. The van der Waals surface area contributed by atoms with Crippen molar-refractivity contribution in [2.45, 2.75) is 13.8 Å². The maximum absolute atomic E-state index is 11.3. The molecule has 4 nitrogen and oxygen atoms in total. The second-order valence-corrected chi connectivity index (χ2v) is 3.19. The van der Waals surface area contributed by atoms with Gasteiger partial charge in [-0.05, 0) is 26.0 Å². The zero-order valence-corrected chi connectivity index (χ0v) is 8.73. The van der Waals surface area contributed by atoms with Crippen LogP contribution in [0.15, 0.2) is 24.3 Å². The number of carbonyl (C=O) groups excluding carboxylic acids is 1. The molecule has 4 heteroatoms. The van der Waals surface area contributed by atoms with Crippen molar-refractivity contribution >= 4 is 17.6 Å². The fourth-order valence-corrected chi connectivity index (χ4v) is 1.28. The van der Waals surface area contributed by atoms with Gasteiger partial charge >= 0.3 is 11.9 Å². The van der Waals surface area contributed by atoms with Gasteiger partial charge < -0.3 is 10.0 Å². The summed E-state index contributed by atoms with van der Waals surface area (Å²) in [5.41, 5.74) is 1.67. The number of aliphatic carboxylic acids is 1. The molecule has 0 atom stereocenters. The number of carboxylic acids is 1. The van der Waals surface area contributed by atoms with E-state index in [2.05, 4.69) is 0 Å². The van der Waals surface area contributed by atoms with Crippen LogP contribution in [0.3, 0.4) is 0 Å². The van der Waals surface area contributed by atoms with Crippen molar-refractivity contribution in [2.24, 2.45) is 0 Å². The van der Waals surface area contributed by atoms with Gasteiger partial charge in [0.25, 0.3) is 0 Å². The van der Waals surface area contributed by atoms with Gasteiger partial charge in [-0.15, -0.1) is 0 Å². The highest BCUT2D eigenvalue weighted by Gasteiger charge is 2.20. The van der Waals surface area contributed by atoms with E-state index >= 15 is 0 Å². The van der Waals surface area contributed by atoms with Crippen molar-refractivity contribution in [1.82, 2.24) is 0 Å². The first-order valence-electron chi connectivity index (χ1n) is 4.67. The molecule has 0 saturated heterocycles. The van der Waals surface area contributed by atoms with Crippen molar-refractivity contribution in [2.75, 3.05) is 11.4 Å². The summed E-state index contributed by atoms with van der Waals surface area (Å²) in [5.74, 6) is -2.33. The summed E-state index contributed by atoms with van der Waals surface area (Å²) in [6.45, 7) is 4.01. The van der Waals surface area contributed by atoms with E-state index in [-0.39, 0.29) is 0 Å². The average Bonchev–Trinajstić information content (AvgIpc) is 2.21. The van der Waals surface area contributed by atoms with Crippen molar-refractivity contribution in [3.63, 3.8) is 0 Å². The van der Waals surface area contributed by atoms with Crippen LogP contribution in [0, 0.1) is 6.92 Å². The number of aryl methyl sites for hydroxylation is 1. The first-order valence-corrected chi connectivity index (χ1v) is 4.67. The zero-order chi connectivity index (χ0) is 11.4. The molecule has 15 heavy (non-hydrogen) atoms. The lowest BCUT2D eigenvalue weighted by Gasteiger charge is -2.18. The summed E-state index contributed by atoms with van der Waals surface area (Å²) < 4.78 is 0. The van der Waals surface area contributed by atoms with Crippen LogP contribution in [0.2, 0.25) is 0 Å². The van der Waals surface area contributed by atoms with Crippen LogP contribution in [-0.4, -0.2) is 23.5 Å². The second-order valence-electron chi connectivity index (χ2n) is 3.19. The fourth-order valence-electron chi connectivity index (χ4n) is 1.28. The molecule has 0 unspecified atom stereocenters. The SMILES string of the molecule is CCN(C(=O)C(=O)O)c1ccc(C)cc1. The molecule has 0 aliphatic carbocycles. The largest absolute Gasteiger partial charge is 0.474 e. The number of carbonyl (C=O) groups is 2. The molecule has 1 amide bonds. The van der Waals surface area contributed by atoms with Crippen LogP contribution in [0.1, 0.15) is 12.5 Å². The Labute approximate surface area is 88.1 Å². The molecule has 0 saturated carbocycles. The molecule has 0 aliphatic rings. The Morgan fingerprint density at radius 2 is 1.80 bits per heavy atom. The van der Waals surface area contributed by atoms with Crippen LogP contribution >= 0.6 is 0 Å². The van der Waals surface area contributed by atoms with Crippen molar-refractivity contribution in [3.8, 4) is 0 Å². The minimum absolute atomic E-state index is 0.341. The first kappa shape index (κ1) is 11.2. The van der Waals surface area contributed by atoms with Crippen LogP contribution in [0.25, 0.3) is 0 Å². The van der Waals surface area contributed by atoms with E-state index < -0.39 is 11.9 Å². The van der Waals surface area contributed by atoms with E-state index in [1.807, 2.05) is 19.1 Å². The van der Waals surface area contributed by atoms with E-state index in [0.717, 1.165) is 5.56 Å². The number of hydrogen-bond acceptors (Lipinski definition) is 2. The highest BCUT2D eigenvalue weighted by molar-refractivity contribution is 6.37. The van der Waals surface area contributed by atoms with Crippen molar-refractivity contribution < 1.29 is 14.7 Å². The van der Waals surface area contributed by atoms with Gasteiger partial charge in [-0.2, -0.15) is 0 Å². The summed E-state index contributed by atoms with van der Waals surface area (Å²) in [7, 11) is 0. The summed E-state index contributed by atoms with van der Waals surface area (Å²) in [6, 6.07) is 7.15. The van der Waals surface area contributed by atoms with Crippen LogP contribution < -0.4 is 4.90 Å². The third-order valence-corrected chi connectivity index (χ3v) is 2.09. The van der Waals surface area contributed by atoms with E-state index in [1.165, 1.54) is 4.90 Å². The number of nitrogens with zero attached hydrogens (tertiary/aromatic N) is 1. The van der Waals surface area contributed by atoms with Gasteiger partial charge in [0.05, 0.1) is 0 Å². The summed E-state index contributed by atoms with van der Waals surface area (Å²) in [6.07, 6.45) is 0. The lowest BCUT2D eigenvalue weighted by molar-refractivity contribution is -0.148. The maximum atomic E-state index is 11.3. The minimum Gasteiger partial charge on any atom is -0.474 e. The topological polar surface area (TPSA) is 57.6 Å². The van der Waals surface area contributed by atoms with Gasteiger partial charge in [0.2, 0.25) is 0 Å². The Kier molecular flexibility index (Phi) is 3.44. The van der Waals surface area contributed by atoms with Gasteiger partial charge in [0.15, 0.2) is 0 Å². The molecule has 0 spiro atoms. The molecule has 0 aromatic heterocycles. The molecule has 80 valence electrons. The highest BCUT2D eigenvalue weighted by Crippen LogP contribution is 2.14. The second kappa shape index (κ2) is 4.59. The zero-order valence-electron chi connectivity index (χ0n) is 8.73. The minimum atomic E-state index is -1.43. The number of benzene rings is 1. The van der Waals surface area contributed by atoms with Crippen molar-refractivity contribution in [1.29, 1.82) is 0 Å². The number of rotatable bonds is 2. The lowest BCUT2D eigenvalue weighted by atomic mass is 10.2. The standard InChI is InChI=1S/C11H13NO3/c1-3-12(10(13)11(14)15)9-6-4-8(2)5-7-9/h4-7H,3H2,1-2H3,(H,14,15). The number of likely N-dealkylation sites (N-methyl/N-ethyl adjacent to an activating group) is 1. The third kappa shape index (κ3) is 2.56. The van der Waals surface area contributed by atoms with E-state index in [4.69, 9.17) is 5.11 Å².